The van der Waals surface area contributed by atoms with Gasteiger partial charge in [-0.2, -0.15) is 0 Å². The van der Waals surface area contributed by atoms with Crippen molar-refractivity contribution >= 4 is 16.8 Å². The summed E-state index contributed by atoms with van der Waals surface area (Å²) >= 11 is 0. The zero-order chi connectivity index (χ0) is 15.7. The van der Waals surface area contributed by atoms with Crippen LogP contribution >= 0.6 is 0 Å². The number of carbonyl (C=O) groups excluding carboxylic acids is 1. The van der Waals surface area contributed by atoms with Crippen LogP contribution in [0.15, 0.2) is 36.4 Å². The number of methoxy groups -OCH3 is 1. The fraction of sp³-hybridized carbons (Fsp3) is 0.412. The van der Waals surface area contributed by atoms with E-state index in [2.05, 4.69) is 4.98 Å². The first-order valence-electron chi connectivity index (χ1n) is 7.45. The minimum Gasteiger partial charge on any atom is -0.388 e. The third kappa shape index (κ3) is 2.58. The Kier molecular flexibility index (Phi) is 4.09. The van der Waals surface area contributed by atoms with E-state index < -0.39 is 6.10 Å². The van der Waals surface area contributed by atoms with Gasteiger partial charge in [-0.05, 0) is 25.0 Å². The van der Waals surface area contributed by atoms with Gasteiger partial charge in [0.05, 0.1) is 17.7 Å². The lowest BCUT2D eigenvalue weighted by atomic mass is 10.1. The van der Waals surface area contributed by atoms with Gasteiger partial charge >= 0.3 is 0 Å². The number of carbonyl (C=O) groups is 1. The van der Waals surface area contributed by atoms with Crippen molar-refractivity contribution < 1.29 is 14.6 Å². The van der Waals surface area contributed by atoms with E-state index in [-0.39, 0.29) is 18.1 Å². The number of ether oxygens (including phenoxy) is 1. The Morgan fingerprint density at radius 3 is 2.77 bits per heavy atom. The Labute approximate surface area is 129 Å². The molecule has 0 bridgehead atoms. The summed E-state index contributed by atoms with van der Waals surface area (Å²) in [6.07, 6.45) is 0.629. The molecule has 0 spiro atoms. The molecule has 1 aromatic heterocycles. The summed E-state index contributed by atoms with van der Waals surface area (Å²) in [5.41, 5.74) is 1.19. The van der Waals surface area contributed by atoms with Crippen LogP contribution in [0.1, 0.15) is 23.3 Å². The third-order valence-corrected chi connectivity index (χ3v) is 4.46. The van der Waals surface area contributed by atoms with Gasteiger partial charge in [0.25, 0.3) is 5.91 Å². The maximum Gasteiger partial charge on any atom is 0.272 e. The Morgan fingerprint density at radius 1 is 1.27 bits per heavy atom. The second-order valence-corrected chi connectivity index (χ2v) is 5.71. The maximum absolute atomic E-state index is 12.6. The topological polar surface area (TPSA) is 62.7 Å². The zero-order valence-corrected chi connectivity index (χ0v) is 12.8. The Hall–Kier alpha value is -1.98. The molecule has 116 valence electrons. The van der Waals surface area contributed by atoms with Gasteiger partial charge in [-0.3, -0.25) is 4.79 Å². The van der Waals surface area contributed by atoms with Crippen LogP contribution in [0.25, 0.3) is 10.9 Å². The van der Waals surface area contributed by atoms with E-state index in [4.69, 9.17) is 4.74 Å². The van der Waals surface area contributed by atoms with Crippen molar-refractivity contribution in [1.29, 1.82) is 0 Å². The average molecular weight is 300 g/mol. The number of fused-ring (bicyclic) bond motifs is 1. The molecule has 1 N–H and O–H groups in total. The van der Waals surface area contributed by atoms with Crippen LogP contribution in [0.5, 0.6) is 0 Å². The predicted molar refractivity (Wildman–Crippen MR) is 83.7 cm³/mol. The van der Waals surface area contributed by atoms with Gasteiger partial charge in [-0.1, -0.05) is 24.3 Å². The summed E-state index contributed by atoms with van der Waals surface area (Å²) in [5.74, 6) is -0.174. The fourth-order valence-corrected chi connectivity index (χ4v) is 3.12. The molecule has 5 heteroatoms. The minimum absolute atomic E-state index is 0.174. The molecule has 2 aromatic rings. The highest BCUT2D eigenvalue weighted by atomic mass is 16.5. The van der Waals surface area contributed by atoms with Gasteiger partial charge in [0, 0.05) is 19.5 Å². The van der Waals surface area contributed by atoms with Gasteiger partial charge in [0.1, 0.15) is 11.8 Å². The van der Waals surface area contributed by atoms with Gasteiger partial charge < -0.3 is 14.7 Å². The fourth-order valence-electron chi connectivity index (χ4n) is 3.12. The van der Waals surface area contributed by atoms with Crippen LogP contribution < -0.4 is 0 Å². The monoisotopic (exact) mass is 300 g/mol. The van der Waals surface area contributed by atoms with E-state index in [0.717, 1.165) is 23.7 Å². The molecule has 3 rings (SSSR count). The summed E-state index contributed by atoms with van der Waals surface area (Å²) in [6, 6.07) is 11.1. The number of amides is 1. The Morgan fingerprint density at radius 2 is 2.05 bits per heavy atom. The van der Waals surface area contributed by atoms with Crippen LogP contribution in [0.3, 0.4) is 0 Å². The molecule has 5 nitrogen and oxygen atoms in total. The molecule has 0 radical (unpaired) electrons. The number of aromatic nitrogens is 1. The molecule has 0 aliphatic heterocycles. The minimum atomic E-state index is -0.653. The highest BCUT2D eigenvalue weighted by molar-refractivity contribution is 5.95. The predicted octanol–water partition coefficient (Wildman–Crippen LogP) is 1.85. The lowest BCUT2D eigenvalue weighted by molar-refractivity contribution is -0.0156. The molecule has 1 saturated carbocycles. The van der Waals surface area contributed by atoms with Crippen molar-refractivity contribution in [3.63, 3.8) is 0 Å². The second kappa shape index (κ2) is 6.02. The first kappa shape index (κ1) is 14.9. The first-order chi connectivity index (χ1) is 10.6. The number of benzene rings is 1. The molecule has 1 aliphatic rings. The van der Waals surface area contributed by atoms with Crippen molar-refractivity contribution in [2.45, 2.75) is 31.1 Å². The first-order valence-corrected chi connectivity index (χ1v) is 7.45. The number of nitrogens with zero attached hydrogens (tertiary/aromatic N) is 2. The number of pyridine rings is 1. The lowest BCUT2D eigenvalue weighted by Crippen LogP contribution is -2.44. The quantitative estimate of drug-likeness (QED) is 0.939. The number of hydrogen-bond acceptors (Lipinski definition) is 4. The second-order valence-electron chi connectivity index (χ2n) is 5.71. The molecule has 0 saturated heterocycles. The maximum atomic E-state index is 12.6. The molecule has 22 heavy (non-hydrogen) atoms. The van der Waals surface area contributed by atoms with Crippen molar-refractivity contribution in [2.75, 3.05) is 14.2 Å². The molecule has 1 aromatic carbocycles. The van der Waals surface area contributed by atoms with Crippen LogP contribution in [0.2, 0.25) is 0 Å². The largest absolute Gasteiger partial charge is 0.388 e. The van der Waals surface area contributed by atoms with E-state index in [1.165, 1.54) is 0 Å². The van der Waals surface area contributed by atoms with Crippen LogP contribution in [-0.4, -0.2) is 53.3 Å². The number of hydrogen-bond donors (Lipinski definition) is 1. The van der Waals surface area contributed by atoms with Crippen molar-refractivity contribution in [2.24, 2.45) is 0 Å². The lowest BCUT2D eigenvalue weighted by Gasteiger charge is -2.28. The summed E-state index contributed by atoms with van der Waals surface area (Å²) in [4.78, 5) is 18.6. The molecule has 1 heterocycles. The number of likely N-dealkylation sites (N-methyl/N-ethyl adjacent to an activating group) is 1. The van der Waals surface area contributed by atoms with E-state index in [1.54, 1.807) is 25.1 Å². The summed E-state index contributed by atoms with van der Waals surface area (Å²) in [5, 5.41) is 11.2. The molecular weight excluding hydrogens is 280 g/mol. The van der Waals surface area contributed by atoms with Gasteiger partial charge in [0.15, 0.2) is 0 Å². The van der Waals surface area contributed by atoms with E-state index in [0.29, 0.717) is 5.69 Å². The van der Waals surface area contributed by atoms with E-state index >= 15 is 0 Å². The number of para-hydroxylation sites is 1. The number of rotatable bonds is 3. The average Bonchev–Trinajstić information content (AvgIpc) is 2.93. The van der Waals surface area contributed by atoms with E-state index in [1.807, 2.05) is 30.3 Å². The molecule has 1 amide bonds. The van der Waals surface area contributed by atoms with Crippen LogP contribution in [0, 0.1) is 0 Å². The van der Waals surface area contributed by atoms with Crippen molar-refractivity contribution in [1.82, 2.24) is 9.88 Å². The molecule has 1 fully saturated rings. The van der Waals surface area contributed by atoms with Crippen LogP contribution in [-0.2, 0) is 4.74 Å². The highest BCUT2D eigenvalue weighted by Gasteiger charge is 2.39. The molecule has 1 aliphatic carbocycles. The summed E-state index contributed by atoms with van der Waals surface area (Å²) in [6.45, 7) is 0. The standard InChI is InChI=1S/C17H20N2O3/c1-19(14-9-10-15(22-2)16(14)20)17(21)13-8-7-11-5-3-4-6-12(11)18-13/h3-8,14-16,20H,9-10H2,1-2H3/t14-,15-,16-/m1/s1. The van der Waals surface area contributed by atoms with Crippen LogP contribution in [0.4, 0.5) is 0 Å². The molecule has 3 atom stereocenters. The Bertz CT molecular complexity index is 688. The third-order valence-electron chi connectivity index (χ3n) is 4.46. The normalized spacial score (nSPS) is 24.6. The highest BCUT2D eigenvalue weighted by Crippen LogP contribution is 2.27. The number of aliphatic hydroxyl groups excluding tert-OH is 1. The van der Waals surface area contributed by atoms with Gasteiger partial charge in [-0.15, -0.1) is 0 Å². The van der Waals surface area contributed by atoms with E-state index in [9.17, 15) is 9.90 Å². The summed E-state index contributed by atoms with van der Waals surface area (Å²) in [7, 11) is 3.30. The number of aliphatic hydroxyl groups is 1. The Balaban J connectivity index is 1.83. The summed E-state index contributed by atoms with van der Waals surface area (Å²) < 4.78 is 5.24. The van der Waals surface area contributed by atoms with Crippen molar-refractivity contribution in [3.05, 3.63) is 42.1 Å². The van der Waals surface area contributed by atoms with Gasteiger partial charge in [-0.25, -0.2) is 4.98 Å². The molecular formula is C17H20N2O3. The smallest absolute Gasteiger partial charge is 0.272 e. The van der Waals surface area contributed by atoms with Crippen molar-refractivity contribution in [3.8, 4) is 0 Å². The van der Waals surface area contributed by atoms with Gasteiger partial charge in [0.2, 0.25) is 0 Å². The zero-order valence-electron chi connectivity index (χ0n) is 12.8. The SMILES string of the molecule is CO[C@@H]1CC[C@@H](N(C)C(=O)c2ccc3ccccc3n2)[C@H]1O. The molecule has 0 unspecified atom stereocenters.